The van der Waals surface area contributed by atoms with Crippen LogP contribution in [-0.4, -0.2) is 41.6 Å². The molecule has 2 atom stereocenters. The molecule has 0 saturated carbocycles. The van der Waals surface area contributed by atoms with Crippen molar-refractivity contribution in [3.8, 4) is 0 Å². The molecule has 2 unspecified atom stereocenters. The molecule has 1 heterocycles. The average Bonchev–Trinajstić information content (AvgIpc) is 2.38. The van der Waals surface area contributed by atoms with Gasteiger partial charge in [0.15, 0.2) is 0 Å². The molecular weight excluding hydrogens is 256 g/mol. The molecule has 1 fully saturated rings. The van der Waals surface area contributed by atoms with Crippen LogP contribution in [0.1, 0.15) is 47.0 Å². The van der Waals surface area contributed by atoms with Crippen LogP contribution in [-0.2, 0) is 4.79 Å². The molecule has 5 nitrogen and oxygen atoms in total. The van der Waals surface area contributed by atoms with Gasteiger partial charge in [-0.2, -0.15) is 0 Å². The van der Waals surface area contributed by atoms with E-state index in [0.29, 0.717) is 24.7 Å². The van der Waals surface area contributed by atoms with Gasteiger partial charge in [0, 0.05) is 19.6 Å². The molecule has 0 aromatic rings. The van der Waals surface area contributed by atoms with E-state index in [0.717, 1.165) is 19.5 Å². The third-order valence-corrected chi connectivity index (χ3v) is 4.54. The lowest BCUT2D eigenvalue weighted by Gasteiger charge is -2.36. The first kappa shape index (κ1) is 16.8. The van der Waals surface area contributed by atoms with Gasteiger partial charge in [0.1, 0.15) is 0 Å². The van der Waals surface area contributed by atoms with Gasteiger partial charge >= 0.3 is 12.0 Å². The van der Waals surface area contributed by atoms with Crippen LogP contribution in [0, 0.1) is 17.3 Å². The number of hydrogen-bond donors (Lipinski definition) is 2. The molecule has 0 aromatic carbocycles. The summed E-state index contributed by atoms with van der Waals surface area (Å²) in [5.74, 6) is 0.181. The molecule has 116 valence electrons. The summed E-state index contributed by atoms with van der Waals surface area (Å²) in [6, 6.07) is -0.129. The minimum Gasteiger partial charge on any atom is -0.481 e. The van der Waals surface area contributed by atoms with E-state index in [1.165, 1.54) is 0 Å². The van der Waals surface area contributed by atoms with E-state index in [1.807, 2.05) is 18.7 Å². The quantitative estimate of drug-likeness (QED) is 0.815. The number of carboxylic acids is 1. The normalized spacial score (nSPS) is 23.5. The molecule has 0 aliphatic carbocycles. The molecule has 1 saturated heterocycles. The fourth-order valence-corrected chi connectivity index (χ4v) is 3.06. The van der Waals surface area contributed by atoms with E-state index in [9.17, 15) is 14.7 Å². The maximum atomic E-state index is 12.2. The molecule has 1 aliphatic rings. The standard InChI is InChI=1S/C15H28N2O3/c1-5-15(6-2,13(18)19)10-16-14(20)17-8-11(3)7-12(4)9-17/h11-12H,5-10H2,1-4H3,(H,16,20)(H,18,19). The van der Waals surface area contributed by atoms with Gasteiger partial charge in [0.2, 0.25) is 0 Å². The molecule has 0 spiro atoms. The van der Waals surface area contributed by atoms with Crippen LogP contribution in [0.15, 0.2) is 0 Å². The van der Waals surface area contributed by atoms with Crippen molar-refractivity contribution < 1.29 is 14.7 Å². The van der Waals surface area contributed by atoms with Gasteiger partial charge in [-0.3, -0.25) is 4.79 Å². The van der Waals surface area contributed by atoms with Gasteiger partial charge in [0.25, 0.3) is 0 Å². The summed E-state index contributed by atoms with van der Waals surface area (Å²) in [5, 5.41) is 12.2. The Morgan fingerprint density at radius 1 is 1.20 bits per heavy atom. The predicted molar refractivity (Wildman–Crippen MR) is 78.6 cm³/mol. The van der Waals surface area contributed by atoms with Crippen molar-refractivity contribution >= 4 is 12.0 Å². The zero-order valence-corrected chi connectivity index (χ0v) is 13.1. The van der Waals surface area contributed by atoms with Crippen LogP contribution >= 0.6 is 0 Å². The topological polar surface area (TPSA) is 69.6 Å². The van der Waals surface area contributed by atoms with Gasteiger partial charge in [-0.15, -0.1) is 0 Å². The number of carboxylic acid groups (broad SMARTS) is 1. The van der Waals surface area contributed by atoms with Gasteiger partial charge in [-0.25, -0.2) is 4.79 Å². The average molecular weight is 284 g/mol. The minimum atomic E-state index is -0.845. The second kappa shape index (κ2) is 6.95. The van der Waals surface area contributed by atoms with Crippen LogP contribution in [0.25, 0.3) is 0 Å². The lowest BCUT2D eigenvalue weighted by Crippen LogP contribution is -2.51. The van der Waals surface area contributed by atoms with Crippen LogP contribution in [0.5, 0.6) is 0 Å². The van der Waals surface area contributed by atoms with Crippen molar-refractivity contribution in [1.82, 2.24) is 10.2 Å². The van der Waals surface area contributed by atoms with Crippen molar-refractivity contribution in [3.05, 3.63) is 0 Å². The van der Waals surface area contributed by atoms with E-state index in [1.54, 1.807) is 0 Å². The number of piperidine rings is 1. The Balaban J connectivity index is 2.59. The second-order valence-electron chi connectivity index (χ2n) is 6.30. The van der Waals surface area contributed by atoms with Gasteiger partial charge in [-0.05, 0) is 31.1 Å². The number of nitrogens with one attached hydrogen (secondary N) is 1. The maximum absolute atomic E-state index is 12.2. The van der Waals surface area contributed by atoms with Crippen molar-refractivity contribution in [3.63, 3.8) is 0 Å². The molecule has 2 amide bonds. The Kier molecular flexibility index (Phi) is 5.84. The van der Waals surface area contributed by atoms with E-state index in [4.69, 9.17) is 0 Å². The van der Waals surface area contributed by atoms with E-state index in [-0.39, 0.29) is 12.6 Å². The largest absolute Gasteiger partial charge is 0.481 e. The van der Waals surface area contributed by atoms with Crippen LogP contribution in [0.4, 0.5) is 4.79 Å². The number of amides is 2. The first-order valence-corrected chi connectivity index (χ1v) is 7.60. The highest BCUT2D eigenvalue weighted by Gasteiger charge is 2.36. The van der Waals surface area contributed by atoms with E-state index in [2.05, 4.69) is 19.2 Å². The molecule has 0 aromatic heterocycles. The Morgan fingerprint density at radius 3 is 2.10 bits per heavy atom. The highest BCUT2D eigenvalue weighted by Crippen LogP contribution is 2.26. The molecule has 20 heavy (non-hydrogen) atoms. The highest BCUT2D eigenvalue weighted by atomic mass is 16.4. The molecule has 1 aliphatic heterocycles. The van der Waals surface area contributed by atoms with Crippen LogP contribution < -0.4 is 5.32 Å². The summed E-state index contributed by atoms with van der Waals surface area (Å²) in [5.41, 5.74) is -0.845. The third-order valence-electron chi connectivity index (χ3n) is 4.54. The molecule has 5 heteroatoms. The van der Waals surface area contributed by atoms with Gasteiger partial charge in [0.05, 0.1) is 5.41 Å². The predicted octanol–water partition coefficient (Wildman–Crippen LogP) is 2.56. The summed E-state index contributed by atoms with van der Waals surface area (Å²) >= 11 is 0. The summed E-state index contributed by atoms with van der Waals surface area (Å²) in [4.78, 5) is 25.4. The minimum absolute atomic E-state index is 0.129. The number of urea groups is 1. The lowest BCUT2D eigenvalue weighted by molar-refractivity contribution is -0.149. The number of aliphatic carboxylic acids is 1. The lowest BCUT2D eigenvalue weighted by atomic mass is 9.82. The molecule has 1 rings (SSSR count). The number of rotatable bonds is 5. The van der Waals surface area contributed by atoms with Crippen LogP contribution in [0.2, 0.25) is 0 Å². The number of hydrogen-bond acceptors (Lipinski definition) is 2. The van der Waals surface area contributed by atoms with Crippen molar-refractivity contribution in [1.29, 1.82) is 0 Å². The smallest absolute Gasteiger partial charge is 0.317 e. The van der Waals surface area contributed by atoms with Crippen molar-refractivity contribution in [2.24, 2.45) is 17.3 Å². The number of carbonyl (C=O) groups is 2. The Morgan fingerprint density at radius 2 is 1.70 bits per heavy atom. The molecule has 0 radical (unpaired) electrons. The Bertz CT molecular complexity index is 343. The first-order chi connectivity index (χ1) is 9.34. The van der Waals surface area contributed by atoms with Crippen molar-refractivity contribution in [2.75, 3.05) is 19.6 Å². The molecule has 0 bridgehead atoms. The second-order valence-corrected chi connectivity index (χ2v) is 6.30. The maximum Gasteiger partial charge on any atom is 0.317 e. The highest BCUT2D eigenvalue weighted by molar-refractivity contribution is 5.78. The van der Waals surface area contributed by atoms with Gasteiger partial charge in [-0.1, -0.05) is 27.7 Å². The Labute approximate surface area is 121 Å². The molecule has 2 N–H and O–H groups in total. The van der Waals surface area contributed by atoms with E-state index < -0.39 is 11.4 Å². The summed E-state index contributed by atoms with van der Waals surface area (Å²) in [7, 11) is 0. The summed E-state index contributed by atoms with van der Waals surface area (Å²) in [6.45, 7) is 9.73. The summed E-state index contributed by atoms with van der Waals surface area (Å²) in [6.07, 6.45) is 2.19. The van der Waals surface area contributed by atoms with Crippen LogP contribution in [0.3, 0.4) is 0 Å². The Hall–Kier alpha value is -1.26. The number of likely N-dealkylation sites (tertiary alicyclic amines) is 1. The van der Waals surface area contributed by atoms with E-state index >= 15 is 0 Å². The molecular formula is C15H28N2O3. The SMILES string of the molecule is CCC(CC)(CNC(=O)N1CC(C)CC(C)C1)C(=O)O. The fourth-order valence-electron chi connectivity index (χ4n) is 3.06. The zero-order valence-electron chi connectivity index (χ0n) is 13.1. The monoisotopic (exact) mass is 284 g/mol. The first-order valence-electron chi connectivity index (χ1n) is 7.60. The fraction of sp³-hybridized carbons (Fsp3) is 0.867. The van der Waals surface area contributed by atoms with Crippen molar-refractivity contribution in [2.45, 2.75) is 47.0 Å². The third kappa shape index (κ3) is 3.87. The zero-order chi connectivity index (χ0) is 15.3. The summed E-state index contributed by atoms with van der Waals surface area (Å²) < 4.78 is 0. The van der Waals surface area contributed by atoms with Gasteiger partial charge < -0.3 is 15.3 Å². The number of carbonyl (C=O) groups excluding carboxylic acids is 1. The number of nitrogens with zero attached hydrogens (tertiary/aromatic N) is 1.